The molecule has 26 heavy (non-hydrogen) atoms. The Labute approximate surface area is 148 Å². The quantitative estimate of drug-likeness (QED) is 0.385. The van der Waals surface area contributed by atoms with E-state index in [1.54, 1.807) is 42.5 Å². The molecule has 0 saturated carbocycles. The van der Waals surface area contributed by atoms with Crippen molar-refractivity contribution in [1.29, 1.82) is 0 Å². The topological polar surface area (TPSA) is 102 Å². The van der Waals surface area contributed by atoms with Crippen molar-refractivity contribution in [2.45, 2.75) is 6.61 Å². The van der Waals surface area contributed by atoms with Crippen molar-refractivity contribution in [1.82, 2.24) is 10.2 Å². The number of imide groups is 1. The third kappa shape index (κ3) is 3.69. The Hall–Kier alpha value is -3.68. The zero-order valence-corrected chi connectivity index (χ0v) is 13.8. The maximum absolute atomic E-state index is 11.8. The van der Waals surface area contributed by atoms with Crippen molar-refractivity contribution >= 4 is 23.7 Å². The van der Waals surface area contributed by atoms with Crippen LogP contribution in [0.5, 0.6) is 5.75 Å². The minimum Gasteiger partial charge on any atom is -0.489 e. The summed E-state index contributed by atoms with van der Waals surface area (Å²) in [4.78, 5) is 34.6. The van der Waals surface area contributed by atoms with Gasteiger partial charge in [-0.2, -0.15) is 0 Å². The van der Waals surface area contributed by atoms with E-state index in [4.69, 9.17) is 4.74 Å². The number of carbonyl (C=O) groups excluding carboxylic acids is 2. The fourth-order valence-electron chi connectivity index (χ4n) is 2.38. The van der Waals surface area contributed by atoms with Crippen LogP contribution in [0.4, 0.5) is 10.5 Å². The molecule has 1 heterocycles. The third-order valence-corrected chi connectivity index (χ3v) is 3.80. The Bertz CT molecular complexity index is 905. The van der Waals surface area contributed by atoms with Gasteiger partial charge in [0.1, 0.15) is 18.1 Å². The average molecular weight is 353 g/mol. The van der Waals surface area contributed by atoms with Crippen molar-refractivity contribution in [3.63, 3.8) is 0 Å². The van der Waals surface area contributed by atoms with Crippen LogP contribution in [0.2, 0.25) is 0 Å². The molecule has 1 N–H and O–H groups in total. The van der Waals surface area contributed by atoms with Crippen LogP contribution in [0.3, 0.4) is 0 Å². The highest BCUT2D eigenvalue weighted by Gasteiger charge is 2.29. The summed E-state index contributed by atoms with van der Waals surface area (Å²) in [5.41, 5.74) is 1.64. The molecule has 1 aliphatic rings. The molecule has 1 saturated heterocycles. The predicted molar refractivity (Wildman–Crippen MR) is 93.1 cm³/mol. The molecule has 0 aromatic heterocycles. The van der Waals surface area contributed by atoms with Crippen LogP contribution in [0.25, 0.3) is 6.08 Å². The van der Waals surface area contributed by atoms with Crippen molar-refractivity contribution in [3.8, 4) is 5.75 Å². The minimum absolute atomic E-state index is 0.0151. The van der Waals surface area contributed by atoms with Crippen molar-refractivity contribution < 1.29 is 19.2 Å². The molecule has 0 atom stereocenters. The van der Waals surface area contributed by atoms with E-state index in [9.17, 15) is 19.7 Å². The summed E-state index contributed by atoms with van der Waals surface area (Å²) in [6, 6.07) is 12.7. The maximum Gasteiger partial charge on any atom is 0.328 e. The Morgan fingerprint density at radius 2 is 1.92 bits per heavy atom. The number of nitrogens with one attached hydrogen (secondary N) is 1. The summed E-state index contributed by atoms with van der Waals surface area (Å²) in [7, 11) is 1.41. The second kappa shape index (κ2) is 7.06. The smallest absolute Gasteiger partial charge is 0.328 e. The summed E-state index contributed by atoms with van der Waals surface area (Å²) in [6.45, 7) is 0.196. The fraction of sp³-hybridized carbons (Fsp3) is 0.111. The minimum atomic E-state index is -0.460. The molecular weight excluding hydrogens is 338 g/mol. The monoisotopic (exact) mass is 353 g/mol. The lowest BCUT2D eigenvalue weighted by Gasteiger charge is -2.06. The Balaban J connectivity index is 1.65. The summed E-state index contributed by atoms with van der Waals surface area (Å²) >= 11 is 0. The number of amides is 3. The number of benzene rings is 2. The first kappa shape index (κ1) is 17.2. The van der Waals surface area contributed by atoms with Crippen molar-refractivity contribution in [3.05, 3.63) is 75.5 Å². The van der Waals surface area contributed by atoms with Crippen molar-refractivity contribution in [2.24, 2.45) is 0 Å². The van der Waals surface area contributed by atoms with Gasteiger partial charge in [0.25, 0.3) is 11.6 Å². The van der Waals surface area contributed by atoms with Gasteiger partial charge in [0.05, 0.1) is 4.92 Å². The average Bonchev–Trinajstić information content (AvgIpc) is 2.88. The molecule has 0 unspecified atom stereocenters. The normalized spacial score (nSPS) is 15.3. The highest BCUT2D eigenvalue weighted by Crippen LogP contribution is 2.19. The number of rotatable bonds is 5. The number of ether oxygens (including phenoxy) is 1. The lowest BCUT2D eigenvalue weighted by molar-refractivity contribution is -0.384. The molecule has 8 nitrogen and oxygen atoms in total. The van der Waals surface area contributed by atoms with Gasteiger partial charge >= 0.3 is 6.03 Å². The van der Waals surface area contributed by atoms with Gasteiger partial charge in [0.2, 0.25) is 0 Å². The first-order valence-corrected chi connectivity index (χ1v) is 7.71. The van der Waals surface area contributed by atoms with E-state index in [-0.39, 0.29) is 23.9 Å². The van der Waals surface area contributed by atoms with Crippen LogP contribution in [-0.2, 0) is 11.4 Å². The van der Waals surface area contributed by atoms with Gasteiger partial charge in [-0.1, -0.05) is 24.3 Å². The molecule has 0 aliphatic carbocycles. The number of nitro groups is 1. The molecule has 2 aromatic rings. The fourth-order valence-corrected chi connectivity index (χ4v) is 2.38. The highest BCUT2D eigenvalue weighted by atomic mass is 16.6. The first-order valence-electron chi connectivity index (χ1n) is 7.71. The van der Waals surface area contributed by atoms with Gasteiger partial charge in [-0.3, -0.25) is 19.8 Å². The number of carbonyl (C=O) groups is 2. The molecule has 2 aromatic carbocycles. The predicted octanol–water partition coefficient (Wildman–Crippen LogP) is 2.70. The van der Waals surface area contributed by atoms with E-state index in [2.05, 4.69) is 5.32 Å². The van der Waals surface area contributed by atoms with Gasteiger partial charge in [-0.05, 0) is 29.3 Å². The number of non-ortho nitro benzene ring substituents is 1. The zero-order chi connectivity index (χ0) is 18.7. The number of nitro benzene ring substituents is 1. The van der Waals surface area contributed by atoms with Gasteiger partial charge in [0.15, 0.2) is 0 Å². The largest absolute Gasteiger partial charge is 0.489 e. The molecule has 1 aliphatic heterocycles. The molecular formula is C18H15N3O5. The van der Waals surface area contributed by atoms with Crippen LogP contribution in [0.15, 0.2) is 54.2 Å². The van der Waals surface area contributed by atoms with E-state index in [0.717, 1.165) is 10.5 Å². The maximum atomic E-state index is 11.8. The van der Waals surface area contributed by atoms with Crippen LogP contribution >= 0.6 is 0 Å². The number of hydrogen-bond donors (Lipinski definition) is 1. The second-order valence-corrected chi connectivity index (χ2v) is 5.64. The van der Waals surface area contributed by atoms with Crippen LogP contribution in [0.1, 0.15) is 11.1 Å². The highest BCUT2D eigenvalue weighted by molar-refractivity contribution is 6.13. The molecule has 0 radical (unpaired) electrons. The molecule has 1 fully saturated rings. The van der Waals surface area contributed by atoms with Gasteiger partial charge < -0.3 is 10.1 Å². The molecule has 3 amide bonds. The van der Waals surface area contributed by atoms with Gasteiger partial charge in [-0.25, -0.2) is 4.79 Å². The van der Waals surface area contributed by atoms with E-state index >= 15 is 0 Å². The van der Waals surface area contributed by atoms with Gasteiger partial charge in [0, 0.05) is 19.2 Å². The van der Waals surface area contributed by atoms with E-state index in [0.29, 0.717) is 11.3 Å². The second-order valence-electron chi connectivity index (χ2n) is 5.64. The van der Waals surface area contributed by atoms with Gasteiger partial charge in [-0.15, -0.1) is 0 Å². The first-order chi connectivity index (χ1) is 12.4. The number of likely N-dealkylation sites (N-methyl/N-ethyl adjacent to an activating group) is 1. The number of nitrogens with zero attached hydrogens (tertiary/aromatic N) is 2. The van der Waals surface area contributed by atoms with E-state index in [1.165, 1.54) is 19.2 Å². The third-order valence-electron chi connectivity index (χ3n) is 3.80. The SMILES string of the molecule is CN1C(=O)N/C(=C/c2ccc(OCc3cccc([N+](=O)[O-])c3)cc2)C1=O. The summed E-state index contributed by atoms with van der Waals surface area (Å²) in [5.74, 6) is 0.193. The van der Waals surface area contributed by atoms with Crippen LogP contribution in [-0.4, -0.2) is 28.8 Å². The summed E-state index contributed by atoms with van der Waals surface area (Å²) in [5, 5.41) is 13.3. The van der Waals surface area contributed by atoms with E-state index < -0.39 is 11.0 Å². The molecule has 3 rings (SSSR count). The molecule has 0 spiro atoms. The zero-order valence-electron chi connectivity index (χ0n) is 13.8. The lowest BCUT2D eigenvalue weighted by Crippen LogP contribution is -2.25. The van der Waals surface area contributed by atoms with Crippen LogP contribution in [0, 0.1) is 10.1 Å². The Morgan fingerprint density at radius 1 is 1.19 bits per heavy atom. The summed E-state index contributed by atoms with van der Waals surface area (Å²) in [6.07, 6.45) is 1.58. The molecule has 8 heteroatoms. The Kier molecular flexibility index (Phi) is 4.66. The Morgan fingerprint density at radius 3 is 2.54 bits per heavy atom. The van der Waals surface area contributed by atoms with Crippen molar-refractivity contribution in [2.75, 3.05) is 7.05 Å². The summed E-state index contributed by atoms with van der Waals surface area (Å²) < 4.78 is 5.62. The molecule has 0 bridgehead atoms. The molecule has 132 valence electrons. The van der Waals surface area contributed by atoms with E-state index in [1.807, 2.05) is 0 Å². The number of urea groups is 1. The standard InChI is InChI=1S/C18H15N3O5/c1-20-17(22)16(19-18(20)23)10-12-5-7-15(8-6-12)26-11-13-3-2-4-14(9-13)21(24)25/h2-10H,11H2,1H3,(H,19,23)/b16-10+. The lowest BCUT2D eigenvalue weighted by atomic mass is 10.2. The van der Waals surface area contributed by atoms with Crippen LogP contribution < -0.4 is 10.1 Å². The number of hydrogen-bond acceptors (Lipinski definition) is 5.